The van der Waals surface area contributed by atoms with Gasteiger partial charge in [0.2, 0.25) is 0 Å². The van der Waals surface area contributed by atoms with E-state index in [1.54, 1.807) is 7.11 Å². The zero-order valence-electron chi connectivity index (χ0n) is 14.1. The molecule has 0 aromatic heterocycles. The van der Waals surface area contributed by atoms with Crippen molar-refractivity contribution < 1.29 is 9.53 Å². The highest BCUT2D eigenvalue weighted by Gasteiger charge is 2.44. The van der Waals surface area contributed by atoms with E-state index in [9.17, 15) is 4.79 Å². The van der Waals surface area contributed by atoms with Crippen LogP contribution in [0.5, 0.6) is 5.75 Å². The number of carbonyl (C=O) groups is 1. The van der Waals surface area contributed by atoms with Gasteiger partial charge >= 0.3 is 0 Å². The van der Waals surface area contributed by atoms with E-state index in [4.69, 9.17) is 4.74 Å². The molecule has 1 heterocycles. The number of hydrogen-bond acceptors (Lipinski definition) is 3. The molecule has 0 bridgehead atoms. The fraction of sp³-hybridized carbons (Fsp3) is 0.650. The molecule has 23 heavy (non-hydrogen) atoms. The molecule has 3 nitrogen and oxygen atoms in total. The fourth-order valence-electron chi connectivity index (χ4n) is 4.58. The number of likely N-dealkylation sites (tertiary alicyclic amines) is 1. The molecule has 0 amide bonds. The highest BCUT2D eigenvalue weighted by molar-refractivity contribution is 6.03. The van der Waals surface area contributed by atoms with E-state index in [-0.39, 0.29) is 5.41 Å². The van der Waals surface area contributed by atoms with Crippen molar-refractivity contribution in [3.8, 4) is 5.75 Å². The smallest absolute Gasteiger partial charge is 0.169 e. The van der Waals surface area contributed by atoms with Crippen LogP contribution in [0.4, 0.5) is 0 Å². The maximum Gasteiger partial charge on any atom is 0.169 e. The molecule has 1 spiro atoms. The van der Waals surface area contributed by atoms with Crippen molar-refractivity contribution in [2.24, 2.45) is 11.3 Å². The molecule has 0 unspecified atom stereocenters. The average Bonchev–Trinajstić information content (AvgIpc) is 2.56. The van der Waals surface area contributed by atoms with Crippen LogP contribution in [0, 0.1) is 11.3 Å². The van der Waals surface area contributed by atoms with Gasteiger partial charge in [0.1, 0.15) is 5.75 Å². The molecule has 0 atom stereocenters. The second kappa shape index (κ2) is 5.94. The maximum atomic E-state index is 13.1. The van der Waals surface area contributed by atoms with E-state index in [0.29, 0.717) is 5.78 Å². The zero-order valence-corrected chi connectivity index (χ0v) is 14.1. The van der Waals surface area contributed by atoms with Gasteiger partial charge in [-0.3, -0.25) is 4.79 Å². The number of Topliss-reactive ketones (excluding diaryl/α,β-unsaturated/α-hetero) is 1. The van der Waals surface area contributed by atoms with Crippen molar-refractivity contribution in [2.75, 3.05) is 26.7 Å². The van der Waals surface area contributed by atoms with Gasteiger partial charge < -0.3 is 9.64 Å². The third kappa shape index (κ3) is 2.69. The second-order valence-corrected chi connectivity index (χ2v) is 7.73. The molecular formula is C20H27NO2. The Morgan fingerprint density at radius 2 is 2.00 bits per heavy atom. The highest BCUT2D eigenvalue weighted by Crippen LogP contribution is 2.44. The third-order valence-corrected chi connectivity index (χ3v) is 6.47. The highest BCUT2D eigenvalue weighted by atomic mass is 16.5. The molecule has 0 radical (unpaired) electrons. The Morgan fingerprint density at radius 3 is 2.65 bits per heavy atom. The summed E-state index contributed by atoms with van der Waals surface area (Å²) in [6.07, 6.45) is 8.37. The summed E-state index contributed by atoms with van der Waals surface area (Å²) in [5, 5.41) is 0. The standard InChI is InChI=1S/C20H27NO2/c1-23-17-5-6-18-16(13-17)7-8-20(19(18)22)9-11-21(12-10-20)14-15-3-2-4-15/h5-6,13,15H,2-4,7-12,14H2,1H3. The first kappa shape index (κ1) is 15.2. The Balaban J connectivity index is 1.46. The molecule has 1 aromatic carbocycles. The number of ether oxygens (including phenoxy) is 1. The number of aryl methyl sites for hydroxylation is 1. The third-order valence-electron chi connectivity index (χ3n) is 6.47. The number of carbonyl (C=O) groups excluding carboxylic acids is 1. The van der Waals surface area contributed by atoms with Gasteiger partial charge in [-0.1, -0.05) is 6.42 Å². The summed E-state index contributed by atoms with van der Waals surface area (Å²) in [5.74, 6) is 2.19. The van der Waals surface area contributed by atoms with Gasteiger partial charge in [-0.25, -0.2) is 0 Å². The van der Waals surface area contributed by atoms with E-state index < -0.39 is 0 Å². The van der Waals surface area contributed by atoms with E-state index >= 15 is 0 Å². The lowest BCUT2D eigenvalue weighted by atomic mass is 9.65. The molecule has 1 saturated heterocycles. The van der Waals surface area contributed by atoms with Crippen LogP contribution >= 0.6 is 0 Å². The largest absolute Gasteiger partial charge is 0.497 e. The van der Waals surface area contributed by atoms with Crippen LogP contribution in [0.25, 0.3) is 0 Å². The predicted molar refractivity (Wildman–Crippen MR) is 91.1 cm³/mol. The van der Waals surface area contributed by atoms with Gasteiger partial charge in [0, 0.05) is 17.5 Å². The lowest BCUT2D eigenvalue weighted by molar-refractivity contribution is 0.0480. The fourth-order valence-corrected chi connectivity index (χ4v) is 4.58. The van der Waals surface area contributed by atoms with Crippen LogP contribution in [0.3, 0.4) is 0 Å². The molecule has 1 aliphatic heterocycles. The van der Waals surface area contributed by atoms with Crippen molar-refractivity contribution in [3.05, 3.63) is 29.3 Å². The monoisotopic (exact) mass is 313 g/mol. The van der Waals surface area contributed by atoms with Crippen molar-refractivity contribution in [3.63, 3.8) is 0 Å². The predicted octanol–water partition coefficient (Wildman–Crippen LogP) is 3.71. The van der Waals surface area contributed by atoms with Crippen LogP contribution in [0.1, 0.15) is 54.4 Å². The minimum Gasteiger partial charge on any atom is -0.497 e. The van der Waals surface area contributed by atoms with Crippen LogP contribution in [-0.2, 0) is 6.42 Å². The number of fused-ring (bicyclic) bond motifs is 1. The van der Waals surface area contributed by atoms with Crippen molar-refractivity contribution in [1.82, 2.24) is 4.90 Å². The van der Waals surface area contributed by atoms with E-state index in [2.05, 4.69) is 4.90 Å². The number of hydrogen-bond donors (Lipinski definition) is 0. The van der Waals surface area contributed by atoms with Crippen molar-refractivity contribution in [2.45, 2.75) is 44.9 Å². The van der Waals surface area contributed by atoms with Crippen LogP contribution in [-0.4, -0.2) is 37.4 Å². The van der Waals surface area contributed by atoms with Gasteiger partial charge in [-0.15, -0.1) is 0 Å². The molecule has 2 aliphatic carbocycles. The lowest BCUT2D eigenvalue weighted by Crippen LogP contribution is -2.47. The zero-order chi connectivity index (χ0) is 15.9. The van der Waals surface area contributed by atoms with Gasteiger partial charge in [0.25, 0.3) is 0 Å². The van der Waals surface area contributed by atoms with Crippen LogP contribution < -0.4 is 4.74 Å². The lowest BCUT2D eigenvalue weighted by Gasteiger charge is -2.44. The Morgan fingerprint density at radius 1 is 1.22 bits per heavy atom. The topological polar surface area (TPSA) is 29.5 Å². The molecule has 2 fully saturated rings. The van der Waals surface area contributed by atoms with Crippen LogP contribution in [0.15, 0.2) is 18.2 Å². The first-order chi connectivity index (χ1) is 11.2. The van der Waals surface area contributed by atoms with Gasteiger partial charge in [0.05, 0.1) is 7.11 Å². The number of piperidine rings is 1. The molecule has 1 aromatic rings. The summed E-state index contributed by atoms with van der Waals surface area (Å²) in [5.41, 5.74) is 2.04. The molecule has 3 heteroatoms. The number of ketones is 1. The average molecular weight is 313 g/mol. The van der Waals surface area contributed by atoms with Crippen molar-refractivity contribution >= 4 is 5.78 Å². The molecule has 3 aliphatic rings. The minimum absolute atomic E-state index is 0.0856. The Labute approximate surface area is 139 Å². The summed E-state index contributed by atoms with van der Waals surface area (Å²) in [7, 11) is 1.69. The summed E-state index contributed by atoms with van der Waals surface area (Å²) in [6.45, 7) is 3.47. The maximum absolute atomic E-state index is 13.1. The Hall–Kier alpha value is -1.35. The van der Waals surface area contributed by atoms with E-state index in [1.807, 2.05) is 18.2 Å². The number of benzene rings is 1. The Kier molecular flexibility index (Phi) is 3.92. The quantitative estimate of drug-likeness (QED) is 0.852. The van der Waals surface area contributed by atoms with E-state index in [1.165, 1.54) is 31.4 Å². The molecule has 1 saturated carbocycles. The summed E-state index contributed by atoms with van der Waals surface area (Å²) < 4.78 is 5.30. The summed E-state index contributed by atoms with van der Waals surface area (Å²) in [4.78, 5) is 15.7. The molecule has 0 N–H and O–H groups in total. The van der Waals surface area contributed by atoms with Crippen molar-refractivity contribution in [1.29, 1.82) is 0 Å². The minimum atomic E-state index is -0.0856. The molecular weight excluding hydrogens is 286 g/mol. The summed E-state index contributed by atoms with van der Waals surface area (Å²) >= 11 is 0. The Bertz CT molecular complexity index is 598. The summed E-state index contributed by atoms with van der Waals surface area (Å²) in [6, 6.07) is 5.96. The first-order valence-electron chi connectivity index (χ1n) is 9.14. The number of nitrogens with zero attached hydrogens (tertiary/aromatic N) is 1. The SMILES string of the molecule is COc1ccc2c(c1)CCC1(CCN(CC3CCC3)CC1)C2=O. The number of rotatable bonds is 3. The molecule has 124 valence electrons. The first-order valence-corrected chi connectivity index (χ1v) is 9.14. The second-order valence-electron chi connectivity index (χ2n) is 7.73. The molecule has 4 rings (SSSR count). The van der Waals surface area contributed by atoms with Gasteiger partial charge in [-0.05, 0) is 81.3 Å². The number of methoxy groups -OCH3 is 1. The van der Waals surface area contributed by atoms with Gasteiger partial charge in [0.15, 0.2) is 5.78 Å². The van der Waals surface area contributed by atoms with Crippen LogP contribution in [0.2, 0.25) is 0 Å². The van der Waals surface area contributed by atoms with E-state index in [0.717, 1.165) is 56.0 Å². The van der Waals surface area contributed by atoms with Gasteiger partial charge in [-0.2, -0.15) is 0 Å². The normalized spacial score (nSPS) is 24.3.